The van der Waals surface area contributed by atoms with Crippen molar-refractivity contribution in [1.82, 2.24) is 34.8 Å². The minimum absolute atomic E-state index is 0.224. The first-order valence-corrected chi connectivity index (χ1v) is 7.80. The molecular weight excluding hydrogens is 333 g/mol. The molecule has 0 atom stereocenters. The van der Waals surface area contributed by atoms with E-state index in [-0.39, 0.29) is 17.9 Å². The van der Waals surface area contributed by atoms with Crippen LogP contribution in [-0.4, -0.2) is 34.8 Å². The molecule has 10 heteroatoms. The smallest absolute Gasteiger partial charge is 0.267 e. The number of aromatic nitrogens is 7. The first-order chi connectivity index (χ1) is 11.6. The summed E-state index contributed by atoms with van der Waals surface area (Å²) < 4.78 is 14.2. The van der Waals surface area contributed by atoms with Gasteiger partial charge in [0.1, 0.15) is 17.4 Å². The summed E-state index contributed by atoms with van der Waals surface area (Å²) in [5, 5.41) is 17.0. The van der Waals surface area contributed by atoms with Crippen LogP contribution in [0.1, 0.15) is 10.7 Å². The second kappa shape index (κ2) is 5.57. The Labute approximate surface area is 138 Å². The summed E-state index contributed by atoms with van der Waals surface area (Å²) in [7, 11) is 0. The molecule has 1 aromatic carbocycles. The van der Waals surface area contributed by atoms with E-state index < -0.39 is 0 Å². The zero-order chi connectivity index (χ0) is 16.7. The number of fused-ring (bicyclic) bond motifs is 1. The normalized spacial score (nSPS) is 11.2. The number of hydrogen-bond acceptors (Lipinski definition) is 7. The lowest BCUT2D eigenvalue weighted by Crippen LogP contribution is -2.14. The Balaban J connectivity index is 1.63. The average Bonchev–Trinajstić information content (AvgIpc) is 3.15. The molecule has 0 aliphatic heterocycles. The van der Waals surface area contributed by atoms with Crippen molar-refractivity contribution in [2.45, 2.75) is 13.5 Å². The van der Waals surface area contributed by atoms with Crippen molar-refractivity contribution in [3.05, 3.63) is 57.2 Å². The van der Waals surface area contributed by atoms with E-state index in [1.165, 1.54) is 38.8 Å². The van der Waals surface area contributed by atoms with E-state index in [0.29, 0.717) is 27.1 Å². The monoisotopic (exact) mass is 343 g/mol. The third-order valence-corrected chi connectivity index (χ3v) is 4.14. The molecule has 0 saturated heterocycles. The fraction of sp³-hybridized carbons (Fsp3) is 0.143. The molecule has 0 aliphatic carbocycles. The number of halogens is 1. The highest BCUT2D eigenvalue weighted by molar-refractivity contribution is 7.16. The molecular formula is C14H10FN7OS. The highest BCUT2D eigenvalue weighted by atomic mass is 32.1. The van der Waals surface area contributed by atoms with E-state index in [1.807, 2.05) is 0 Å². The molecule has 0 unspecified atom stereocenters. The molecule has 0 radical (unpaired) electrons. The van der Waals surface area contributed by atoms with Crippen molar-refractivity contribution in [2.75, 3.05) is 0 Å². The van der Waals surface area contributed by atoms with Gasteiger partial charge in [-0.3, -0.25) is 4.79 Å². The largest absolute Gasteiger partial charge is 0.275 e. The Bertz CT molecular complexity index is 1080. The summed E-state index contributed by atoms with van der Waals surface area (Å²) in [5.74, 6) is 0.0658. The Morgan fingerprint density at radius 3 is 2.79 bits per heavy atom. The van der Waals surface area contributed by atoms with Crippen molar-refractivity contribution >= 4 is 16.3 Å². The van der Waals surface area contributed by atoms with Gasteiger partial charge in [0.05, 0.1) is 0 Å². The van der Waals surface area contributed by atoms with Gasteiger partial charge in [0.2, 0.25) is 10.8 Å². The van der Waals surface area contributed by atoms with Crippen LogP contribution in [0.25, 0.3) is 16.3 Å². The van der Waals surface area contributed by atoms with Crippen LogP contribution < -0.4 is 5.56 Å². The molecule has 3 heterocycles. The van der Waals surface area contributed by atoms with Gasteiger partial charge < -0.3 is 0 Å². The Hall–Kier alpha value is -3.01. The molecule has 0 bridgehead atoms. The quantitative estimate of drug-likeness (QED) is 0.557. The van der Waals surface area contributed by atoms with Crippen LogP contribution in [0.15, 0.2) is 35.1 Å². The number of aryl methyl sites for hydroxylation is 1. The molecule has 8 nitrogen and oxygen atoms in total. The van der Waals surface area contributed by atoms with Crippen LogP contribution in [-0.2, 0) is 6.54 Å². The van der Waals surface area contributed by atoms with E-state index in [0.717, 1.165) is 0 Å². The van der Waals surface area contributed by atoms with Crippen molar-refractivity contribution in [1.29, 1.82) is 0 Å². The van der Waals surface area contributed by atoms with Gasteiger partial charge in [-0.25, -0.2) is 9.37 Å². The van der Waals surface area contributed by atoms with Crippen LogP contribution >= 0.6 is 11.3 Å². The molecule has 120 valence electrons. The lowest BCUT2D eigenvalue weighted by Gasteiger charge is -1.94. The molecule has 24 heavy (non-hydrogen) atoms. The molecule has 0 spiro atoms. The molecule has 4 aromatic rings. The third-order valence-electron chi connectivity index (χ3n) is 3.25. The van der Waals surface area contributed by atoms with Gasteiger partial charge in [-0.15, -0.1) is 10.2 Å². The molecule has 0 aliphatic rings. The summed E-state index contributed by atoms with van der Waals surface area (Å²) in [6, 6.07) is 7.27. The van der Waals surface area contributed by atoms with E-state index in [4.69, 9.17) is 0 Å². The molecule has 4 rings (SSSR count). The van der Waals surface area contributed by atoms with Gasteiger partial charge in [-0.2, -0.15) is 14.4 Å². The molecule has 0 amide bonds. The predicted molar refractivity (Wildman–Crippen MR) is 84.2 cm³/mol. The fourth-order valence-corrected chi connectivity index (χ4v) is 3.09. The number of rotatable bonds is 3. The number of hydrogen-bond donors (Lipinski definition) is 0. The maximum atomic E-state index is 13.0. The topological polar surface area (TPSA) is 90.9 Å². The zero-order valence-electron chi connectivity index (χ0n) is 12.4. The molecule has 0 fully saturated rings. The van der Waals surface area contributed by atoms with Crippen LogP contribution in [0.3, 0.4) is 0 Å². The van der Waals surface area contributed by atoms with Crippen molar-refractivity contribution in [3.8, 4) is 11.4 Å². The first-order valence-electron chi connectivity index (χ1n) is 6.99. The SMILES string of the molecule is Cc1cc(=O)n2nc(Cn3nnc(-c4ccc(F)cc4)n3)sc2n1. The molecule has 3 aromatic heterocycles. The maximum Gasteiger partial charge on any atom is 0.275 e. The van der Waals surface area contributed by atoms with Crippen molar-refractivity contribution in [3.63, 3.8) is 0 Å². The van der Waals surface area contributed by atoms with Crippen molar-refractivity contribution < 1.29 is 4.39 Å². The highest BCUT2D eigenvalue weighted by Gasteiger charge is 2.11. The van der Waals surface area contributed by atoms with E-state index in [2.05, 4.69) is 25.5 Å². The Morgan fingerprint density at radius 2 is 2.00 bits per heavy atom. The lowest BCUT2D eigenvalue weighted by atomic mass is 10.2. The summed E-state index contributed by atoms with van der Waals surface area (Å²) in [6.07, 6.45) is 0. The number of benzene rings is 1. The fourth-order valence-electron chi connectivity index (χ4n) is 2.17. The van der Waals surface area contributed by atoms with Crippen LogP contribution in [0.5, 0.6) is 0 Å². The summed E-state index contributed by atoms with van der Waals surface area (Å²) in [4.78, 5) is 18.0. The average molecular weight is 343 g/mol. The predicted octanol–water partition coefficient (Wildman–Crippen LogP) is 1.30. The second-order valence-electron chi connectivity index (χ2n) is 5.08. The molecule has 0 saturated carbocycles. The first kappa shape index (κ1) is 14.6. The van der Waals surface area contributed by atoms with Gasteiger partial charge in [-0.05, 0) is 36.4 Å². The maximum absolute atomic E-state index is 13.0. The Kier molecular flexibility index (Phi) is 3.38. The van der Waals surface area contributed by atoms with E-state index in [9.17, 15) is 9.18 Å². The zero-order valence-corrected chi connectivity index (χ0v) is 13.2. The summed E-state index contributed by atoms with van der Waals surface area (Å²) in [5.41, 5.74) is 1.09. The minimum Gasteiger partial charge on any atom is -0.267 e. The van der Waals surface area contributed by atoms with Gasteiger partial charge >= 0.3 is 0 Å². The van der Waals surface area contributed by atoms with E-state index >= 15 is 0 Å². The van der Waals surface area contributed by atoms with E-state index in [1.54, 1.807) is 19.1 Å². The number of nitrogens with zero attached hydrogens (tertiary/aromatic N) is 7. The van der Waals surface area contributed by atoms with Gasteiger partial charge in [0.25, 0.3) is 5.56 Å². The summed E-state index contributed by atoms with van der Waals surface area (Å²) >= 11 is 1.29. The summed E-state index contributed by atoms with van der Waals surface area (Å²) in [6.45, 7) is 2.02. The van der Waals surface area contributed by atoms with Crippen LogP contribution in [0, 0.1) is 12.7 Å². The lowest BCUT2D eigenvalue weighted by molar-refractivity contribution is 0.566. The second-order valence-corrected chi connectivity index (χ2v) is 6.12. The van der Waals surface area contributed by atoms with Gasteiger partial charge in [0, 0.05) is 17.3 Å². The third kappa shape index (κ3) is 2.67. The standard InChI is InChI=1S/C14H10FN7OS/c1-8-6-12(23)22-14(16-8)24-11(18-22)7-21-19-13(17-20-21)9-2-4-10(15)5-3-9/h2-6H,7H2,1H3. The van der Waals surface area contributed by atoms with Crippen molar-refractivity contribution in [2.24, 2.45) is 0 Å². The highest BCUT2D eigenvalue weighted by Crippen LogP contribution is 2.15. The molecule has 0 N–H and O–H groups in total. The number of tetrazole rings is 1. The minimum atomic E-state index is -0.325. The van der Waals surface area contributed by atoms with Crippen LogP contribution in [0.2, 0.25) is 0 Å². The Morgan fingerprint density at radius 1 is 1.21 bits per heavy atom. The van der Waals surface area contributed by atoms with Gasteiger partial charge in [0.15, 0.2) is 0 Å². The van der Waals surface area contributed by atoms with Gasteiger partial charge in [-0.1, -0.05) is 11.3 Å². The van der Waals surface area contributed by atoms with Crippen LogP contribution in [0.4, 0.5) is 4.39 Å².